The molecule has 0 radical (unpaired) electrons. The lowest BCUT2D eigenvalue weighted by atomic mass is 9.75. The van der Waals surface area contributed by atoms with Crippen LogP contribution in [-0.2, 0) is 17.7 Å². The van der Waals surface area contributed by atoms with Gasteiger partial charge < -0.3 is 10.1 Å². The summed E-state index contributed by atoms with van der Waals surface area (Å²) in [6.45, 7) is 5.35. The fourth-order valence-corrected chi connectivity index (χ4v) is 4.71. The third-order valence-electron chi connectivity index (χ3n) is 6.33. The molecular weight excluding hydrogens is 416 g/mol. The van der Waals surface area contributed by atoms with Gasteiger partial charge in [0, 0.05) is 25.8 Å². The Labute approximate surface area is 193 Å². The molecule has 1 saturated heterocycles. The van der Waals surface area contributed by atoms with Crippen molar-refractivity contribution in [2.24, 2.45) is 5.41 Å². The second-order valence-corrected chi connectivity index (χ2v) is 9.63. The number of nitrogens with one attached hydrogen (secondary N) is 1. The van der Waals surface area contributed by atoms with Crippen molar-refractivity contribution in [3.8, 4) is 5.82 Å². The summed E-state index contributed by atoms with van der Waals surface area (Å²) in [5, 5.41) is 7.74. The van der Waals surface area contributed by atoms with Crippen molar-refractivity contribution in [2.75, 3.05) is 6.61 Å². The Balaban J connectivity index is 1.42. The van der Waals surface area contributed by atoms with Gasteiger partial charge >= 0.3 is 0 Å². The van der Waals surface area contributed by atoms with Gasteiger partial charge in [-0.2, -0.15) is 5.10 Å². The maximum atomic E-state index is 13.1. The van der Waals surface area contributed by atoms with Crippen molar-refractivity contribution in [3.05, 3.63) is 76.7 Å². The summed E-state index contributed by atoms with van der Waals surface area (Å²) in [6.07, 6.45) is 4.48. The van der Waals surface area contributed by atoms with Crippen LogP contribution in [-0.4, -0.2) is 33.1 Å². The molecule has 2 aliphatic rings. The first-order valence-electron chi connectivity index (χ1n) is 11.5. The highest BCUT2D eigenvalue weighted by Gasteiger charge is 2.39. The van der Waals surface area contributed by atoms with E-state index in [4.69, 9.17) is 9.84 Å². The Hall–Kier alpha value is -3.32. The van der Waals surface area contributed by atoms with Crippen LogP contribution in [0.1, 0.15) is 76.9 Å². The van der Waals surface area contributed by atoms with Crippen LogP contribution in [0.4, 0.5) is 0 Å². The first-order chi connectivity index (χ1) is 15.9. The molecule has 33 heavy (non-hydrogen) atoms. The van der Waals surface area contributed by atoms with Gasteiger partial charge in [-0.15, -0.1) is 0 Å². The minimum absolute atomic E-state index is 0.120. The Kier molecular flexibility index (Phi) is 5.58. The molecule has 1 atom stereocenters. The first-order valence-corrected chi connectivity index (χ1v) is 11.5. The number of ether oxygens (including phenoxy) is 1. The van der Waals surface area contributed by atoms with Gasteiger partial charge in [0.25, 0.3) is 5.91 Å². The molecule has 1 aliphatic heterocycles. The first kappa shape index (κ1) is 21.5. The zero-order valence-electron chi connectivity index (χ0n) is 19.0. The van der Waals surface area contributed by atoms with Gasteiger partial charge in [-0.3, -0.25) is 9.59 Å². The van der Waals surface area contributed by atoms with E-state index in [-0.39, 0.29) is 23.2 Å². The molecule has 1 aliphatic carbocycles. The Bertz CT molecular complexity index is 1180. The number of hydrogen-bond donors (Lipinski definition) is 1. The van der Waals surface area contributed by atoms with E-state index in [1.54, 1.807) is 23.0 Å². The molecule has 7 nitrogen and oxygen atoms in total. The monoisotopic (exact) mass is 444 g/mol. The molecule has 1 aromatic carbocycles. The number of fused-ring (bicyclic) bond motifs is 1. The van der Waals surface area contributed by atoms with Gasteiger partial charge in [-0.25, -0.2) is 9.67 Å². The van der Waals surface area contributed by atoms with Gasteiger partial charge in [-0.1, -0.05) is 44.2 Å². The molecule has 3 heterocycles. The van der Waals surface area contributed by atoms with Crippen molar-refractivity contribution in [1.29, 1.82) is 0 Å². The van der Waals surface area contributed by atoms with E-state index in [0.29, 0.717) is 36.5 Å². The largest absolute Gasteiger partial charge is 0.372 e. The molecular formula is C26H28N4O3. The van der Waals surface area contributed by atoms with Crippen LogP contribution in [0.5, 0.6) is 0 Å². The Morgan fingerprint density at radius 1 is 1.18 bits per heavy atom. The van der Waals surface area contributed by atoms with Crippen molar-refractivity contribution < 1.29 is 14.3 Å². The molecule has 170 valence electrons. The van der Waals surface area contributed by atoms with E-state index in [0.717, 1.165) is 36.2 Å². The number of Topliss-reactive ketones (excluding diaryl/α,β-unsaturated/α-hetero) is 1. The number of ketones is 1. The molecule has 1 fully saturated rings. The van der Waals surface area contributed by atoms with Crippen LogP contribution in [0.3, 0.4) is 0 Å². The van der Waals surface area contributed by atoms with E-state index >= 15 is 0 Å². The number of rotatable bonds is 5. The molecule has 0 saturated carbocycles. The smallest absolute Gasteiger partial charge is 0.253 e. The van der Waals surface area contributed by atoms with E-state index in [9.17, 15) is 9.59 Å². The normalized spacial score (nSPS) is 19.3. The zero-order chi connectivity index (χ0) is 23.0. The Morgan fingerprint density at radius 3 is 2.70 bits per heavy atom. The van der Waals surface area contributed by atoms with Gasteiger partial charge in [-0.05, 0) is 42.4 Å². The molecule has 1 unspecified atom stereocenters. The molecule has 0 bridgehead atoms. The third kappa shape index (κ3) is 4.33. The van der Waals surface area contributed by atoms with Crippen LogP contribution in [0.15, 0.2) is 48.7 Å². The predicted octanol–water partition coefficient (Wildman–Crippen LogP) is 4.20. The van der Waals surface area contributed by atoms with Crippen molar-refractivity contribution in [3.63, 3.8) is 0 Å². The molecule has 5 rings (SSSR count). The molecule has 3 aromatic rings. The van der Waals surface area contributed by atoms with Gasteiger partial charge in [0.05, 0.1) is 16.8 Å². The summed E-state index contributed by atoms with van der Waals surface area (Å²) in [6, 6.07) is 13.3. The van der Waals surface area contributed by atoms with Crippen molar-refractivity contribution in [2.45, 2.75) is 52.2 Å². The van der Waals surface area contributed by atoms with E-state index in [2.05, 4.69) is 24.1 Å². The maximum absolute atomic E-state index is 13.1. The number of benzene rings is 1. The van der Waals surface area contributed by atoms with Crippen LogP contribution in [0.25, 0.3) is 5.82 Å². The van der Waals surface area contributed by atoms with Crippen LogP contribution < -0.4 is 5.32 Å². The number of nitrogens with zero attached hydrogens (tertiary/aromatic N) is 3. The second kappa shape index (κ2) is 8.56. The standard InChI is InChI=1S/C26H28N4O3/c1-26(2)13-19-23(20(31)14-26)24(21-9-6-12-33-21)29-30(19)22-11-10-18(16-27-22)25(32)28-15-17-7-4-3-5-8-17/h3-5,7-8,10-11,16,21H,6,9,12-15H2,1-2H3,(H,28,32). The lowest BCUT2D eigenvalue weighted by molar-refractivity contribution is 0.0884. The van der Waals surface area contributed by atoms with Crippen LogP contribution >= 0.6 is 0 Å². The number of hydrogen-bond acceptors (Lipinski definition) is 5. The summed E-state index contributed by atoms with van der Waals surface area (Å²) in [5.41, 5.74) is 3.68. The molecule has 1 N–H and O–H groups in total. The van der Waals surface area contributed by atoms with Crippen molar-refractivity contribution >= 4 is 11.7 Å². The zero-order valence-corrected chi connectivity index (χ0v) is 19.0. The summed E-state index contributed by atoms with van der Waals surface area (Å²) >= 11 is 0. The number of carbonyl (C=O) groups is 2. The minimum atomic E-state index is -0.184. The van der Waals surface area contributed by atoms with Crippen molar-refractivity contribution in [1.82, 2.24) is 20.1 Å². The second-order valence-electron chi connectivity index (χ2n) is 9.63. The molecule has 1 amide bonds. The van der Waals surface area contributed by atoms with Crippen LogP contribution in [0.2, 0.25) is 0 Å². The topological polar surface area (TPSA) is 86.1 Å². The quantitative estimate of drug-likeness (QED) is 0.637. The fourth-order valence-electron chi connectivity index (χ4n) is 4.71. The van der Waals surface area contributed by atoms with Gasteiger partial charge in [0.2, 0.25) is 0 Å². The molecule has 2 aromatic heterocycles. The third-order valence-corrected chi connectivity index (χ3v) is 6.33. The fraction of sp³-hybridized carbons (Fsp3) is 0.385. The van der Waals surface area contributed by atoms with Crippen LogP contribution in [0, 0.1) is 5.41 Å². The SMILES string of the molecule is CC1(C)CC(=O)c2c(C3CCCO3)nn(-c3ccc(C(=O)NCc4ccccc4)cn3)c2C1. The lowest BCUT2D eigenvalue weighted by Crippen LogP contribution is -2.28. The van der Waals surface area contributed by atoms with E-state index < -0.39 is 0 Å². The summed E-state index contributed by atoms with van der Waals surface area (Å²) in [5.74, 6) is 0.535. The number of aromatic nitrogens is 3. The number of amides is 1. The average molecular weight is 445 g/mol. The maximum Gasteiger partial charge on any atom is 0.253 e. The molecule has 0 spiro atoms. The average Bonchev–Trinajstić information content (AvgIpc) is 3.46. The summed E-state index contributed by atoms with van der Waals surface area (Å²) < 4.78 is 7.64. The van der Waals surface area contributed by atoms with Gasteiger partial charge in [0.15, 0.2) is 11.6 Å². The predicted molar refractivity (Wildman–Crippen MR) is 123 cm³/mol. The minimum Gasteiger partial charge on any atom is -0.372 e. The Morgan fingerprint density at radius 2 is 2.00 bits per heavy atom. The van der Waals surface area contributed by atoms with E-state index in [1.807, 2.05) is 30.3 Å². The summed E-state index contributed by atoms with van der Waals surface area (Å²) in [7, 11) is 0. The highest BCUT2D eigenvalue weighted by atomic mass is 16.5. The number of pyridine rings is 1. The highest BCUT2D eigenvalue weighted by Crippen LogP contribution is 2.40. The van der Waals surface area contributed by atoms with Gasteiger partial charge in [0.1, 0.15) is 11.8 Å². The molecule has 7 heteroatoms. The van der Waals surface area contributed by atoms with E-state index in [1.165, 1.54) is 0 Å². The lowest BCUT2D eigenvalue weighted by Gasteiger charge is -2.29. The summed E-state index contributed by atoms with van der Waals surface area (Å²) in [4.78, 5) is 30.2. The highest BCUT2D eigenvalue weighted by molar-refractivity contribution is 6.00. The number of carbonyl (C=O) groups excluding carboxylic acids is 2.